The summed E-state index contributed by atoms with van der Waals surface area (Å²) in [6, 6.07) is 8.53. The molecule has 0 spiro atoms. The van der Waals surface area contributed by atoms with Crippen LogP contribution in [0.1, 0.15) is 10.5 Å². The lowest BCUT2D eigenvalue weighted by Crippen LogP contribution is -2.14. The minimum absolute atomic E-state index is 0.298. The van der Waals surface area contributed by atoms with Gasteiger partial charge in [-0.25, -0.2) is 4.98 Å². The summed E-state index contributed by atoms with van der Waals surface area (Å²) in [6.07, 6.45) is 1.44. The Morgan fingerprint density at radius 2 is 2.05 bits per heavy atom. The van der Waals surface area contributed by atoms with Crippen LogP contribution in [0.4, 0.5) is 17.1 Å². The number of benzene rings is 1. The molecule has 1 heterocycles. The molecule has 3 N–H and O–H groups in total. The highest BCUT2D eigenvalue weighted by molar-refractivity contribution is 6.33. The quantitative estimate of drug-likeness (QED) is 0.911. The number of hydrogen-bond acceptors (Lipinski definition) is 4. The molecule has 0 saturated carbocycles. The summed E-state index contributed by atoms with van der Waals surface area (Å²) in [5.41, 5.74) is 7.84. The molecule has 0 aliphatic carbocycles. The van der Waals surface area contributed by atoms with Crippen LogP contribution in [-0.4, -0.2) is 25.0 Å². The van der Waals surface area contributed by atoms with Crippen LogP contribution in [-0.2, 0) is 0 Å². The molecule has 0 bridgehead atoms. The van der Waals surface area contributed by atoms with Crippen LogP contribution in [0.5, 0.6) is 0 Å². The third-order valence-corrected chi connectivity index (χ3v) is 3.01. The van der Waals surface area contributed by atoms with Crippen molar-refractivity contribution in [3.8, 4) is 0 Å². The van der Waals surface area contributed by atoms with Gasteiger partial charge in [-0.1, -0.05) is 11.6 Å². The average molecular weight is 291 g/mol. The molecule has 1 aromatic heterocycles. The van der Waals surface area contributed by atoms with E-state index >= 15 is 0 Å². The highest BCUT2D eigenvalue weighted by atomic mass is 35.5. The maximum Gasteiger partial charge on any atom is 0.274 e. The molecule has 0 aliphatic heterocycles. The zero-order chi connectivity index (χ0) is 14.7. The molecule has 6 heteroatoms. The highest BCUT2D eigenvalue weighted by Crippen LogP contribution is 2.27. The van der Waals surface area contributed by atoms with E-state index in [9.17, 15) is 4.79 Å². The Bertz CT molecular complexity index is 626. The number of anilines is 3. The van der Waals surface area contributed by atoms with Gasteiger partial charge in [-0.05, 0) is 30.3 Å². The third-order valence-electron chi connectivity index (χ3n) is 2.71. The number of hydrogen-bond donors (Lipinski definition) is 2. The number of carbonyl (C=O) groups is 1. The van der Waals surface area contributed by atoms with Crippen molar-refractivity contribution in [3.05, 3.63) is 47.2 Å². The van der Waals surface area contributed by atoms with Crippen LogP contribution < -0.4 is 16.0 Å². The Morgan fingerprint density at radius 1 is 1.30 bits per heavy atom. The van der Waals surface area contributed by atoms with Gasteiger partial charge in [-0.3, -0.25) is 4.79 Å². The zero-order valence-electron chi connectivity index (χ0n) is 11.2. The summed E-state index contributed by atoms with van der Waals surface area (Å²) in [4.78, 5) is 17.9. The lowest BCUT2D eigenvalue weighted by atomic mass is 10.2. The highest BCUT2D eigenvalue weighted by Gasteiger charge is 2.09. The van der Waals surface area contributed by atoms with E-state index in [1.807, 2.05) is 25.1 Å². The number of halogens is 1. The van der Waals surface area contributed by atoms with E-state index in [2.05, 4.69) is 10.3 Å². The second kappa shape index (κ2) is 5.79. The predicted octanol–water partition coefficient (Wildman–Crippen LogP) is 2.64. The summed E-state index contributed by atoms with van der Waals surface area (Å²) < 4.78 is 0. The molecule has 1 amide bonds. The second-order valence-electron chi connectivity index (χ2n) is 4.49. The van der Waals surface area contributed by atoms with Crippen LogP contribution in [0.2, 0.25) is 5.02 Å². The summed E-state index contributed by atoms with van der Waals surface area (Å²) >= 11 is 6.15. The molecule has 2 rings (SSSR count). The maximum absolute atomic E-state index is 12.0. The molecule has 5 nitrogen and oxygen atoms in total. The van der Waals surface area contributed by atoms with Crippen molar-refractivity contribution in [1.82, 2.24) is 4.98 Å². The molecule has 20 heavy (non-hydrogen) atoms. The molecule has 0 aliphatic rings. The van der Waals surface area contributed by atoms with Crippen molar-refractivity contribution in [2.75, 3.05) is 30.0 Å². The molecular weight excluding hydrogens is 276 g/mol. The molecule has 0 saturated heterocycles. The summed E-state index contributed by atoms with van der Waals surface area (Å²) in [5, 5.41) is 3.31. The zero-order valence-corrected chi connectivity index (χ0v) is 12.0. The van der Waals surface area contributed by atoms with Crippen LogP contribution >= 0.6 is 11.6 Å². The molecule has 1 aromatic carbocycles. The predicted molar refractivity (Wildman–Crippen MR) is 82.4 cm³/mol. The standard InChI is InChI=1S/C14H15ClN4O/c1-19(2)13-6-4-10(7-11(13)15)18-14(20)12-5-3-9(16)8-17-12/h3-8H,16H2,1-2H3,(H,18,20). The number of amides is 1. The number of aromatic nitrogens is 1. The van der Waals surface area contributed by atoms with Gasteiger partial charge < -0.3 is 16.0 Å². The Labute approximate surface area is 122 Å². The first-order chi connectivity index (χ1) is 9.47. The van der Waals surface area contributed by atoms with E-state index in [-0.39, 0.29) is 5.91 Å². The Balaban J connectivity index is 2.16. The maximum atomic E-state index is 12.0. The third kappa shape index (κ3) is 3.19. The lowest BCUT2D eigenvalue weighted by Gasteiger charge is -2.15. The van der Waals surface area contributed by atoms with Gasteiger partial charge in [0, 0.05) is 19.8 Å². The first-order valence-corrected chi connectivity index (χ1v) is 6.35. The van der Waals surface area contributed by atoms with E-state index in [0.29, 0.717) is 22.1 Å². The first kappa shape index (κ1) is 14.1. The fourth-order valence-electron chi connectivity index (χ4n) is 1.68. The van der Waals surface area contributed by atoms with Gasteiger partial charge in [-0.15, -0.1) is 0 Å². The minimum atomic E-state index is -0.307. The lowest BCUT2D eigenvalue weighted by molar-refractivity contribution is 0.102. The van der Waals surface area contributed by atoms with Crippen LogP contribution in [0, 0.1) is 0 Å². The molecule has 0 unspecified atom stereocenters. The number of nitrogens with one attached hydrogen (secondary N) is 1. The van der Waals surface area contributed by atoms with Crippen molar-refractivity contribution >= 4 is 34.6 Å². The first-order valence-electron chi connectivity index (χ1n) is 5.97. The fraction of sp³-hybridized carbons (Fsp3) is 0.143. The number of nitrogen functional groups attached to an aromatic ring is 1. The van der Waals surface area contributed by atoms with Crippen molar-refractivity contribution < 1.29 is 4.79 Å². The molecular formula is C14H15ClN4O. The Kier molecular flexibility index (Phi) is 4.10. The topological polar surface area (TPSA) is 71.2 Å². The van der Waals surface area contributed by atoms with Crippen molar-refractivity contribution in [2.45, 2.75) is 0 Å². The van der Waals surface area contributed by atoms with Crippen molar-refractivity contribution in [3.63, 3.8) is 0 Å². The van der Waals surface area contributed by atoms with E-state index in [4.69, 9.17) is 17.3 Å². The average Bonchev–Trinajstić information content (AvgIpc) is 2.39. The van der Waals surface area contributed by atoms with Gasteiger partial charge >= 0.3 is 0 Å². The molecule has 0 radical (unpaired) electrons. The van der Waals surface area contributed by atoms with Crippen LogP contribution in [0.25, 0.3) is 0 Å². The van der Waals surface area contributed by atoms with Crippen LogP contribution in [0.15, 0.2) is 36.5 Å². The summed E-state index contributed by atoms with van der Waals surface area (Å²) in [7, 11) is 3.80. The van der Waals surface area contributed by atoms with Gasteiger partial charge in [0.25, 0.3) is 5.91 Å². The molecule has 2 aromatic rings. The van der Waals surface area contributed by atoms with E-state index in [1.54, 1.807) is 24.3 Å². The summed E-state index contributed by atoms with van der Waals surface area (Å²) in [6.45, 7) is 0. The number of nitrogens with two attached hydrogens (primary N) is 1. The van der Waals surface area contributed by atoms with E-state index in [0.717, 1.165) is 5.69 Å². The number of rotatable bonds is 3. The van der Waals surface area contributed by atoms with Crippen molar-refractivity contribution in [1.29, 1.82) is 0 Å². The summed E-state index contributed by atoms with van der Waals surface area (Å²) in [5.74, 6) is -0.307. The SMILES string of the molecule is CN(C)c1ccc(NC(=O)c2ccc(N)cn2)cc1Cl. The largest absolute Gasteiger partial charge is 0.397 e. The van der Waals surface area contributed by atoms with Gasteiger partial charge in [0.05, 0.1) is 22.6 Å². The molecule has 104 valence electrons. The number of nitrogens with zero attached hydrogens (tertiary/aromatic N) is 2. The number of pyridine rings is 1. The minimum Gasteiger partial charge on any atom is -0.397 e. The Morgan fingerprint density at radius 3 is 2.60 bits per heavy atom. The smallest absolute Gasteiger partial charge is 0.274 e. The second-order valence-corrected chi connectivity index (χ2v) is 4.90. The van der Waals surface area contributed by atoms with E-state index in [1.165, 1.54) is 6.20 Å². The van der Waals surface area contributed by atoms with Crippen molar-refractivity contribution in [2.24, 2.45) is 0 Å². The van der Waals surface area contributed by atoms with Crippen LogP contribution in [0.3, 0.4) is 0 Å². The Hall–Kier alpha value is -2.27. The van der Waals surface area contributed by atoms with Gasteiger partial charge in [-0.2, -0.15) is 0 Å². The normalized spacial score (nSPS) is 10.2. The van der Waals surface area contributed by atoms with Gasteiger partial charge in [0.1, 0.15) is 5.69 Å². The molecule has 0 atom stereocenters. The van der Waals surface area contributed by atoms with Gasteiger partial charge in [0.2, 0.25) is 0 Å². The monoisotopic (exact) mass is 290 g/mol. The fourth-order valence-corrected chi connectivity index (χ4v) is 2.03. The number of carbonyl (C=O) groups excluding carboxylic acids is 1. The van der Waals surface area contributed by atoms with Gasteiger partial charge in [0.15, 0.2) is 0 Å². The van der Waals surface area contributed by atoms with E-state index < -0.39 is 0 Å². The molecule has 0 fully saturated rings.